The first-order chi connectivity index (χ1) is 11.0. The van der Waals surface area contributed by atoms with Gasteiger partial charge in [0.25, 0.3) is 0 Å². The van der Waals surface area contributed by atoms with Crippen molar-refractivity contribution in [3.8, 4) is 0 Å². The fraction of sp³-hybridized carbons (Fsp3) is 0.750. The van der Waals surface area contributed by atoms with Gasteiger partial charge < -0.3 is 14.3 Å². The molecular weight excluding hydrogens is 296 g/mol. The van der Waals surface area contributed by atoms with Crippen LogP contribution in [0.5, 0.6) is 0 Å². The van der Waals surface area contributed by atoms with E-state index in [0.717, 1.165) is 19.4 Å². The molecule has 0 aromatic carbocycles. The molecule has 23 heavy (non-hydrogen) atoms. The van der Waals surface area contributed by atoms with Crippen molar-refractivity contribution in [3.05, 3.63) is 11.7 Å². The van der Waals surface area contributed by atoms with Crippen LogP contribution in [0.3, 0.4) is 0 Å². The molecule has 0 unspecified atom stereocenters. The predicted molar refractivity (Wildman–Crippen MR) is 82.5 cm³/mol. The maximum Gasteiger partial charge on any atom is 0.228 e. The molecule has 0 spiro atoms. The van der Waals surface area contributed by atoms with Crippen LogP contribution in [-0.4, -0.2) is 57.4 Å². The Kier molecular flexibility index (Phi) is 4.37. The highest BCUT2D eigenvalue weighted by atomic mass is 16.5. The number of amides is 2. The summed E-state index contributed by atoms with van der Waals surface area (Å²) in [6, 6.07) is 0.150. The molecular formula is C16H24N4O3. The number of piperidine rings is 1. The average Bonchev–Trinajstić information content (AvgIpc) is 3.13. The number of aryl methyl sites for hydroxylation is 1. The summed E-state index contributed by atoms with van der Waals surface area (Å²) in [7, 11) is 0. The Labute approximate surface area is 136 Å². The van der Waals surface area contributed by atoms with E-state index in [1.54, 1.807) is 11.8 Å². The molecule has 0 bridgehead atoms. The largest absolute Gasteiger partial charge is 0.342 e. The summed E-state index contributed by atoms with van der Waals surface area (Å²) in [6.07, 6.45) is 2.22. The molecule has 0 aliphatic carbocycles. The Hall–Kier alpha value is -1.92. The number of likely N-dealkylation sites (tertiary alicyclic amines) is 2. The number of nitrogens with zero attached hydrogens (tertiary/aromatic N) is 4. The van der Waals surface area contributed by atoms with Gasteiger partial charge in [-0.25, -0.2) is 0 Å². The normalized spacial score (nSPS) is 25.5. The second-order valence-electron chi connectivity index (χ2n) is 6.84. The highest BCUT2D eigenvalue weighted by Gasteiger charge is 2.39. The van der Waals surface area contributed by atoms with Gasteiger partial charge in [0.2, 0.25) is 17.7 Å². The molecule has 2 aliphatic rings. The molecule has 2 atom stereocenters. The molecule has 3 rings (SSSR count). The number of aromatic nitrogens is 2. The Balaban J connectivity index is 1.65. The van der Waals surface area contributed by atoms with Crippen molar-refractivity contribution in [3.63, 3.8) is 0 Å². The summed E-state index contributed by atoms with van der Waals surface area (Å²) in [5.74, 6) is 1.33. The molecule has 1 aromatic heterocycles. The number of hydrogen-bond acceptors (Lipinski definition) is 5. The van der Waals surface area contributed by atoms with Crippen LogP contribution in [0, 0.1) is 12.8 Å². The van der Waals surface area contributed by atoms with Gasteiger partial charge in [0.15, 0.2) is 5.82 Å². The van der Waals surface area contributed by atoms with Crippen molar-refractivity contribution >= 4 is 11.8 Å². The Bertz CT molecular complexity index is 598. The number of carbonyl (C=O) groups excluding carboxylic acids is 2. The van der Waals surface area contributed by atoms with Gasteiger partial charge in [-0.05, 0) is 26.7 Å². The van der Waals surface area contributed by atoms with Gasteiger partial charge in [0.05, 0.1) is 5.92 Å². The van der Waals surface area contributed by atoms with E-state index in [0.29, 0.717) is 31.2 Å². The second kappa shape index (κ2) is 6.29. The van der Waals surface area contributed by atoms with E-state index in [9.17, 15) is 9.59 Å². The minimum atomic E-state index is -0.212. The summed E-state index contributed by atoms with van der Waals surface area (Å²) in [5, 5.41) is 3.99. The van der Waals surface area contributed by atoms with Gasteiger partial charge >= 0.3 is 0 Å². The Morgan fingerprint density at radius 1 is 1.35 bits per heavy atom. The second-order valence-corrected chi connectivity index (χ2v) is 6.84. The van der Waals surface area contributed by atoms with Crippen LogP contribution in [0.25, 0.3) is 0 Å². The maximum absolute atomic E-state index is 12.8. The summed E-state index contributed by atoms with van der Waals surface area (Å²) < 4.78 is 5.05. The number of carbonyl (C=O) groups is 2. The first-order valence-electron chi connectivity index (χ1n) is 8.34. The van der Waals surface area contributed by atoms with Crippen molar-refractivity contribution in [2.45, 2.75) is 52.0 Å². The lowest BCUT2D eigenvalue weighted by Gasteiger charge is -2.33. The van der Waals surface area contributed by atoms with E-state index in [4.69, 9.17) is 4.52 Å². The maximum atomic E-state index is 12.8. The van der Waals surface area contributed by atoms with Crippen LogP contribution in [0.4, 0.5) is 0 Å². The van der Waals surface area contributed by atoms with E-state index in [2.05, 4.69) is 10.1 Å². The molecule has 0 saturated carbocycles. The summed E-state index contributed by atoms with van der Waals surface area (Å²) in [5.41, 5.74) is 0. The molecule has 7 heteroatoms. The smallest absolute Gasteiger partial charge is 0.228 e. The number of hydrogen-bond donors (Lipinski definition) is 0. The third kappa shape index (κ3) is 3.23. The summed E-state index contributed by atoms with van der Waals surface area (Å²) >= 11 is 0. The summed E-state index contributed by atoms with van der Waals surface area (Å²) in [6.45, 7) is 7.65. The van der Waals surface area contributed by atoms with Gasteiger partial charge in [-0.3, -0.25) is 9.59 Å². The van der Waals surface area contributed by atoms with Gasteiger partial charge in [0, 0.05) is 44.9 Å². The van der Waals surface area contributed by atoms with E-state index in [1.807, 2.05) is 18.7 Å². The third-order valence-electron chi connectivity index (χ3n) is 4.77. The van der Waals surface area contributed by atoms with Crippen molar-refractivity contribution in [2.75, 3.05) is 19.6 Å². The third-order valence-corrected chi connectivity index (χ3v) is 4.77. The van der Waals surface area contributed by atoms with E-state index >= 15 is 0 Å². The quantitative estimate of drug-likeness (QED) is 0.839. The SMILES string of the molecule is Cc1nc([C@H]2CCCN(C(=O)[C@H]3CC(=O)N(C(C)C)C3)C2)no1. The van der Waals surface area contributed by atoms with Crippen molar-refractivity contribution in [2.24, 2.45) is 5.92 Å². The van der Waals surface area contributed by atoms with Crippen molar-refractivity contribution in [1.82, 2.24) is 19.9 Å². The molecule has 2 saturated heterocycles. The molecule has 0 N–H and O–H groups in total. The zero-order chi connectivity index (χ0) is 16.6. The monoisotopic (exact) mass is 320 g/mol. The lowest BCUT2D eigenvalue weighted by Crippen LogP contribution is -2.43. The predicted octanol–water partition coefficient (Wildman–Crippen LogP) is 1.34. The van der Waals surface area contributed by atoms with Crippen molar-refractivity contribution < 1.29 is 14.1 Å². The standard InChI is InChI=1S/C16H24N4O3/c1-10(2)20-9-13(7-14(20)21)16(22)19-6-4-5-12(8-19)15-17-11(3)23-18-15/h10,12-13H,4-9H2,1-3H3/t12-,13-/m0/s1. The summed E-state index contributed by atoms with van der Waals surface area (Å²) in [4.78, 5) is 32.8. The molecule has 1 aromatic rings. The van der Waals surface area contributed by atoms with Crippen LogP contribution in [0.2, 0.25) is 0 Å². The molecule has 2 amide bonds. The van der Waals surface area contributed by atoms with E-state index < -0.39 is 0 Å². The van der Waals surface area contributed by atoms with E-state index in [1.165, 1.54) is 0 Å². The average molecular weight is 320 g/mol. The van der Waals surface area contributed by atoms with E-state index in [-0.39, 0.29) is 29.7 Å². The molecule has 7 nitrogen and oxygen atoms in total. The Morgan fingerprint density at radius 3 is 2.74 bits per heavy atom. The molecule has 126 valence electrons. The molecule has 2 aliphatic heterocycles. The highest BCUT2D eigenvalue weighted by molar-refractivity contribution is 5.89. The fourth-order valence-corrected chi connectivity index (χ4v) is 3.52. The van der Waals surface area contributed by atoms with Crippen molar-refractivity contribution in [1.29, 1.82) is 0 Å². The zero-order valence-electron chi connectivity index (χ0n) is 14.0. The van der Waals surface area contributed by atoms with Gasteiger partial charge in [-0.2, -0.15) is 4.98 Å². The lowest BCUT2D eigenvalue weighted by molar-refractivity contribution is -0.137. The van der Waals surface area contributed by atoms with Crippen LogP contribution in [0.1, 0.15) is 50.7 Å². The molecule has 2 fully saturated rings. The highest BCUT2D eigenvalue weighted by Crippen LogP contribution is 2.28. The van der Waals surface area contributed by atoms with Gasteiger partial charge in [-0.15, -0.1) is 0 Å². The van der Waals surface area contributed by atoms with Crippen LogP contribution in [-0.2, 0) is 9.59 Å². The number of rotatable bonds is 3. The van der Waals surface area contributed by atoms with Gasteiger partial charge in [0.1, 0.15) is 0 Å². The Morgan fingerprint density at radius 2 is 2.13 bits per heavy atom. The topological polar surface area (TPSA) is 79.5 Å². The first-order valence-corrected chi connectivity index (χ1v) is 8.34. The van der Waals surface area contributed by atoms with Crippen LogP contribution >= 0.6 is 0 Å². The minimum absolute atomic E-state index is 0.0840. The van der Waals surface area contributed by atoms with Crippen LogP contribution in [0.15, 0.2) is 4.52 Å². The minimum Gasteiger partial charge on any atom is -0.342 e. The molecule has 0 radical (unpaired) electrons. The lowest BCUT2D eigenvalue weighted by atomic mass is 9.95. The zero-order valence-corrected chi connectivity index (χ0v) is 14.0. The molecule has 3 heterocycles. The van der Waals surface area contributed by atoms with Crippen LogP contribution < -0.4 is 0 Å². The fourth-order valence-electron chi connectivity index (χ4n) is 3.52. The van der Waals surface area contributed by atoms with Gasteiger partial charge in [-0.1, -0.05) is 5.16 Å². The first kappa shape index (κ1) is 16.0.